The van der Waals surface area contributed by atoms with Crippen LogP contribution in [0.15, 0.2) is 24.8 Å². The molecule has 0 aliphatic heterocycles. The van der Waals surface area contributed by atoms with Gasteiger partial charge in [-0.2, -0.15) is 0 Å². The molecule has 0 heterocycles. The van der Waals surface area contributed by atoms with Crippen LogP contribution in [0.4, 0.5) is 8.78 Å². The van der Waals surface area contributed by atoms with E-state index in [4.69, 9.17) is 0 Å². The number of rotatable bonds is 4. The molecule has 2 aliphatic rings. The summed E-state index contributed by atoms with van der Waals surface area (Å²) < 4.78 is 28.1. The van der Waals surface area contributed by atoms with Crippen molar-refractivity contribution in [2.75, 3.05) is 0 Å². The van der Waals surface area contributed by atoms with Crippen molar-refractivity contribution in [3.63, 3.8) is 0 Å². The van der Waals surface area contributed by atoms with Crippen LogP contribution in [0.1, 0.15) is 74.8 Å². The quantitative estimate of drug-likeness (QED) is 0.524. The first kappa shape index (κ1) is 17.6. The van der Waals surface area contributed by atoms with E-state index in [0.29, 0.717) is 11.1 Å². The average Bonchev–Trinajstić information content (AvgIpc) is 2.61. The lowest BCUT2D eigenvalue weighted by Gasteiger charge is -2.38. The Balaban J connectivity index is 1.55. The highest BCUT2D eigenvalue weighted by molar-refractivity contribution is 5.28. The Morgan fingerprint density at radius 2 is 1.50 bits per heavy atom. The van der Waals surface area contributed by atoms with Crippen LogP contribution < -0.4 is 0 Å². The van der Waals surface area contributed by atoms with Gasteiger partial charge in [0.25, 0.3) is 0 Å². The number of hydrogen-bond donors (Lipinski definition) is 0. The van der Waals surface area contributed by atoms with Gasteiger partial charge in [0.15, 0.2) is 11.6 Å². The maximum Gasteiger partial charge on any atom is 0.162 e. The Morgan fingerprint density at radius 3 is 2.08 bits per heavy atom. The molecule has 0 saturated heterocycles. The predicted octanol–water partition coefficient (Wildman–Crippen LogP) is 6.93. The zero-order chi connectivity index (χ0) is 17.1. The predicted molar refractivity (Wildman–Crippen MR) is 96.1 cm³/mol. The molecule has 1 aromatic carbocycles. The van der Waals surface area contributed by atoms with Crippen molar-refractivity contribution in [1.29, 1.82) is 0 Å². The molecule has 2 aliphatic carbocycles. The van der Waals surface area contributed by atoms with Crippen molar-refractivity contribution in [3.8, 4) is 0 Å². The second-order valence-electron chi connectivity index (χ2n) is 8.02. The number of halogens is 2. The average molecular weight is 332 g/mol. The fourth-order valence-corrected chi connectivity index (χ4v) is 5.01. The summed E-state index contributed by atoms with van der Waals surface area (Å²) in [6.07, 6.45) is 13.0. The normalized spacial score (nSPS) is 31.0. The standard InChI is InChI=1S/C22H30F2/c1-3-4-16-6-8-17(9-7-16)18-10-12-19(13-11-18)20-14-5-15(2)21(23)22(20)24/h3,5,14,16-19H,1,4,6-13H2,2H3. The molecule has 24 heavy (non-hydrogen) atoms. The molecule has 2 saturated carbocycles. The summed E-state index contributed by atoms with van der Waals surface area (Å²) in [6, 6.07) is 3.53. The van der Waals surface area contributed by atoms with Crippen molar-refractivity contribution in [2.45, 2.75) is 70.6 Å². The van der Waals surface area contributed by atoms with Crippen molar-refractivity contribution in [3.05, 3.63) is 47.5 Å². The second kappa shape index (κ2) is 7.80. The molecule has 0 unspecified atom stereocenters. The highest BCUT2D eigenvalue weighted by Crippen LogP contribution is 2.44. The van der Waals surface area contributed by atoms with E-state index < -0.39 is 11.6 Å². The Kier molecular flexibility index (Phi) is 5.73. The Hall–Kier alpha value is -1.18. The zero-order valence-corrected chi connectivity index (χ0v) is 14.9. The summed E-state index contributed by atoms with van der Waals surface area (Å²) in [5, 5.41) is 0. The molecule has 0 nitrogen and oxygen atoms in total. The van der Waals surface area contributed by atoms with Crippen molar-refractivity contribution in [2.24, 2.45) is 17.8 Å². The van der Waals surface area contributed by atoms with E-state index in [1.165, 1.54) is 38.5 Å². The van der Waals surface area contributed by atoms with Crippen LogP contribution in [-0.2, 0) is 0 Å². The van der Waals surface area contributed by atoms with Gasteiger partial charge in [-0.15, -0.1) is 6.58 Å². The maximum absolute atomic E-state index is 14.2. The van der Waals surface area contributed by atoms with Gasteiger partial charge in [-0.1, -0.05) is 18.2 Å². The lowest BCUT2D eigenvalue weighted by molar-refractivity contribution is 0.160. The van der Waals surface area contributed by atoms with Gasteiger partial charge >= 0.3 is 0 Å². The summed E-state index contributed by atoms with van der Waals surface area (Å²) >= 11 is 0. The van der Waals surface area contributed by atoms with Gasteiger partial charge in [-0.05, 0) is 99.5 Å². The molecule has 0 atom stereocenters. The van der Waals surface area contributed by atoms with Crippen LogP contribution >= 0.6 is 0 Å². The van der Waals surface area contributed by atoms with Crippen molar-refractivity contribution >= 4 is 0 Å². The summed E-state index contributed by atoms with van der Waals surface area (Å²) in [4.78, 5) is 0. The minimum atomic E-state index is -0.657. The minimum Gasteiger partial charge on any atom is -0.203 e. The maximum atomic E-state index is 14.2. The number of aryl methyl sites for hydroxylation is 1. The van der Waals surface area contributed by atoms with E-state index in [2.05, 4.69) is 12.7 Å². The Bertz CT molecular complexity index is 562. The van der Waals surface area contributed by atoms with E-state index in [0.717, 1.165) is 37.0 Å². The van der Waals surface area contributed by atoms with Crippen LogP contribution in [0.25, 0.3) is 0 Å². The van der Waals surface area contributed by atoms with Crippen LogP contribution in [0, 0.1) is 36.3 Å². The van der Waals surface area contributed by atoms with Gasteiger partial charge < -0.3 is 0 Å². The summed E-state index contributed by atoms with van der Waals surface area (Å²) in [5.41, 5.74) is 1.01. The first-order chi connectivity index (χ1) is 11.6. The third-order valence-corrected chi connectivity index (χ3v) is 6.58. The van der Waals surface area contributed by atoms with Gasteiger partial charge in [0.05, 0.1) is 0 Å². The number of hydrogen-bond acceptors (Lipinski definition) is 0. The molecule has 0 bridgehead atoms. The molecule has 132 valence electrons. The Labute approximate surface area is 145 Å². The van der Waals surface area contributed by atoms with E-state index >= 15 is 0 Å². The molecule has 0 radical (unpaired) electrons. The van der Waals surface area contributed by atoms with E-state index in [1.54, 1.807) is 19.1 Å². The molecule has 1 aromatic rings. The monoisotopic (exact) mass is 332 g/mol. The van der Waals surface area contributed by atoms with Crippen LogP contribution in [0.5, 0.6) is 0 Å². The van der Waals surface area contributed by atoms with Gasteiger partial charge in [0, 0.05) is 0 Å². The molecule has 2 fully saturated rings. The smallest absolute Gasteiger partial charge is 0.162 e. The molecule has 0 aromatic heterocycles. The fourth-order valence-electron chi connectivity index (χ4n) is 5.01. The third-order valence-electron chi connectivity index (χ3n) is 6.58. The number of allylic oxidation sites excluding steroid dienone is 1. The van der Waals surface area contributed by atoms with Gasteiger partial charge in [-0.25, -0.2) is 8.78 Å². The van der Waals surface area contributed by atoms with Crippen LogP contribution in [0.2, 0.25) is 0 Å². The van der Waals surface area contributed by atoms with Gasteiger partial charge in [-0.3, -0.25) is 0 Å². The van der Waals surface area contributed by atoms with E-state index in [-0.39, 0.29) is 5.92 Å². The number of benzene rings is 1. The minimum absolute atomic E-state index is 0.202. The summed E-state index contributed by atoms with van der Waals surface area (Å²) in [5.74, 6) is 1.43. The Morgan fingerprint density at radius 1 is 0.917 bits per heavy atom. The highest BCUT2D eigenvalue weighted by Gasteiger charge is 2.32. The van der Waals surface area contributed by atoms with Crippen molar-refractivity contribution in [1.82, 2.24) is 0 Å². The molecular weight excluding hydrogens is 302 g/mol. The molecular formula is C22H30F2. The topological polar surface area (TPSA) is 0 Å². The van der Waals surface area contributed by atoms with E-state index in [1.807, 2.05) is 0 Å². The molecule has 3 rings (SSSR count). The van der Waals surface area contributed by atoms with Gasteiger partial charge in [0.1, 0.15) is 0 Å². The second-order valence-corrected chi connectivity index (χ2v) is 8.02. The van der Waals surface area contributed by atoms with Gasteiger partial charge in [0.2, 0.25) is 0 Å². The molecule has 2 heteroatoms. The van der Waals surface area contributed by atoms with Crippen LogP contribution in [-0.4, -0.2) is 0 Å². The zero-order valence-electron chi connectivity index (χ0n) is 14.9. The lowest BCUT2D eigenvalue weighted by Crippen LogP contribution is -2.25. The van der Waals surface area contributed by atoms with E-state index in [9.17, 15) is 8.78 Å². The van der Waals surface area contributed by atoms with Crippen LogP contribution in [0.3, 0.4) is 0 Å². The fraction of sp³-hybridized carbons (Fsp3) is 0.636. The lowest BCUT2D eigenvalue weighted by atomic mass is 9.68. The molecule has 0 N–H and O–H groups in total. The molecule has 0 amide bonds. The SMILES string of the molecule is C=CCC1CCC(C2CCC(c3ccc(C)c(F)c3F)CC2)CC1. The first-order valence-corrected chi connectivity index (χ1v) is 9.65. The summed E-state index contributed by atoms with van der Waals surface area (Å²) in [6.45, 7) is 5.49. The van der Waals surface area contributed by atoms with Crippen molar-refractivity contribution < 1.29 is 8.78 Å². The first-order valence-electron chi connectivity index (χ1n) is 9.65. The highest BCUT2D eigenvalue weighted by atomic mass is 19.2. The third kappa shape index (κ3) is 3.73. The molecule has 0 spiro atoms. The largest absolute Gasteiger partial charge is 0.203 e. The summed E-state index contributed by atoms with van der Waals surface area (Å²) in [7, 11) is 0.